The van der Waals surface area contributed by atoms with Crippen LogP contribution in [-0.2, 0) is 18.3 Å². The quantitative estimate of drug-likeness (QED) is 0.144. The lowest BCUT2D eigenvalue weighted by molar-refractivity contribution is 0.416. The van der Waals surface area contributed by atoms with Crippen molar-refractivity contribution in [1.82, 2.24) is 4.90 Å². The van der Waals surface area contributed by atoms with Gasteiger partial charge in [-0.25, -0.2) is 0 Å². The van der Waals surface area contributed by atoms with Crippen molar-refractivity contribution in [2.24, 2.45) is 0 Å². The third-order valence-corrected chi connectivity index (χ3v) is 12.6. The highest BCUT2D eigenvalue weighted by Crippen LogP contribution is 2.57. The standard InChI is InChI=1S/C52H49N/c1-36(43-28-18-29-46-45-27-13-10-21-39(45)35-47(43)46)33-51(38-19-6-4-7-20-38)53(3)37(2)44-26-14-17-32-50(44)52(42-24-8-5-9-25-42)48-30-15-11-22-40(48)34-41-23-12-16-31-49(41)52/h4,6-8,10-11,13-15,17-22,24-30,32-33,51H,2,5,9,12,16,23,31,34-35H2,1,3H3/b36-33+. The second-order valence-electron chi connectivity index (χ2n) is 15.5. The topological polar surface area (TPSA) is 3.24 Å². The van der Waals surface area contributed by atoms with Crippen molar-refractivity contribution in [2.45, 2.75) is 69.7 Å². The second kappa shape index (κ2) is 13.9. The fraction of sp³-hybridized carbons (Fsp3) is 0.231. The second-order valence-corrected chi connectivity index (χ2v) is 15.5. The molecule has 0 saturated heterocycles. The minimum Gasteiger partial charge on any atom is -0.364 e. The molecule has 9 rings (SSSR count). The van der Waals surface area contributed by atoms with Gasteiger partial charge >= 0.3 is 0 Å². The molecule has 53 heavy (non-hydrogen) atoms. The number of likely N-dealkylation sites (N-methyl/N-ethyl adjacent to an activating group) is 1. The highest BCUT2D eigenvalue weighted by molar-refractivity contribution is 5.83. The number of hydrogen-bond acceptors (Lipinski definition) is 1. The number of rotatable bonds is 8. The number of nitrogens with zero attached hydrogens (tertiary/aromatic N) is 1. The van der Waals surface area contributed by atoms with E-state index in [4.69, 9.17) is 6.58 Å². The molecule has 2 atom stereocenters. The fourth-order valence-electron chi connectivity index (χ4n) is 10.1. The van der Waals surface area contributed by atoms with Gasteiger partial charge in [-0.05, 0) is 120 Å². The van der Waals surface area contributed by atoms with Gasteiger partial charge in [0.1, 0.15) is 0 Å². The number of benzene rings is 5. The molecule has 0 fully saturated rings. The smallest absolute Gasteiger partial charge is 0.0729 e. The summed E-state index contributed by atoms with van der Waals surface area (Å²) in [4.78, 5) is 2.43. The summed E-state index contributed by atoms with van der Waals surface area (Å²) < 4.78 is 0. The summed E-state index contributed by atoms with van der Waals surface area (Å²) in [6.07, 6.45) is 19.0. The predicted octanol–water partition coefficient (Wildman–Crippen LogP) is 13.0. The van der Waals surface area contributed by atoms with E-state index in [1.807, 2.05) is 0 Å². The van der Waals surface area contributed by atoms with E-state index in [1.54, 1.807) is 11.1 Å². The lowest BCUT2D eigenvalue weighted by Gasteiger charge is -2.48. The highest BCUT2D eigenvalue weighted by atomic mass is 15.1. The zero-order valence-electron chi connectivity index (χ0n) is 31.2. The first-order chi connectivity index (χ1) is 26.1. The maximum absolute atomic E-state index is 4.97. The van der Waals surface area contributed by atoms with Crippen molar-refractivity contribution in [3.05, 3.63) is 213 Å². The summed E-state index contributed by atoms with van der Waals surface area (Å²) in [7, 11) is 2.25. The van der Waals surface area contributed by atoms with E-state index in [-0.39, 0.29) is 11.5 Å². The van der Waals surface area contributed by atoms with E-state index in [0.717, 1.165) is 37.8 Å². The molecule has 4 aliphatic rings. The summed E-state index contributed by atoms with van der Waals surface area (Å²) in [5, 5.41) is 0. The van der Waals surface area contributed by atoms with E-state index in [9.17, 15) is 0 Å². The first kappa shape index (κ1) is 33.4. The van der Waals surface area contributed by atoms with Gasteiger partial charge in [0, 0.05) is 18.3 Å². The first-order valence-corrected chi connectivity index (χ1v) is 19.7. The molecule has 0 N–H and O–H groups in total. The summed E-state index contributed by atoms with van der Waals surface area (Å²) in [5.41, 5.74) is 20.4. The summed E-state index contributed by atoms with van der Waals surface area (Å²) in [6, 6.07) is 45.2. The van der Waals surface area contributed by atoms with Gasteiger partial charge in [-0.1, -0.05) is 163 Å². The molecule has 0 aromatic heterocycles. The molecule has 4 aliphatic carbocycles. The van der Waals surface area contributed by atoms with Gasteiger partial charge in [0.05, 0.1) is 11.5 Å². The molecule has 1 heteroatoms. The Morgan fingerprint density at radius 2 is 1.40 bits per heavy atom. The summed E-state index contributed by atoms with van der Waals surface area (Å²) in [6.45, 7) is 7.27. The minimum absolute atomic E-state index is 0.00997. The Morgan fingerprint density at radius 3 is 2.23 bits per heavy atom. The molecule has 1 nitrogen and oxygen atoms in total. The van der Waals surface area contributed by atoms with Crippen LogP contribution in [0.15, 0.2) is 169 Å². The number of hydrogen-bond donors (Lipinski definition) is 0. The molecule has 262 valence electrons. The van der Waals surface area contributed by atoms with Crippen molar-refractivity contribution in [1.29, 1.82) is 0 Å². The molecule has 0 saturated carbocycles. The lowest BCUT2D eigenvalue weighted by atomic mass is 9.55. The average Bonchev–Trinajstić information content (AvgIpc) is 3.61. The van der Waals surface area contributed by atoms with Gasteiger partial charge in [-0.3, -0.25) is 0 Å². The molecule has 0 bridgehead atoms. The molecule has 0 aliphatic heterocycles. The van der Waals surface area contributed by atoms with E-state index >= 15 is 0 Å². The normalized spacial score (nSPS) is 19.4. The lowest BCUT2D eigenvalue weighted by Crippen LogP contribution is -2.39. The molecule has 5 aromatic rings. The van der Waals surface area contributed by atoms with Crippen molar-refractivity contribution >= 4 is 11.3 Å². The van der Waals surface area contributed by atoms with Gasteiger partial charge in [0.2, 0.25) is 0 Å². The van der Waals surface area contributed by atoms with Gasteiger partial charge in [0.25, 0.3) is 0 Å². The van der Waals surface area contributed by atoms with Gasteiger partial charge < -0.3 is 4.90 Å². The maximum atomic E-state index is 4.97. The Labute approximate surface area is 316 Å². The van der Waals surface area contributed by atoms with E-state index < -0.39 is 0 Å². The molecular formula is C52H49N. The maximum Gasteiger partial charge on any atom is 0.0729 e. The third kappa shape index (κ3) is 5.60. The largest absolute Gasteiger partial charge is 0.364 e. The number of fused-ring (bicyclic) bond motifs is 4. The molecule has 0 radical (unpaired) electrons. The zero-order valence-corrected chi connectivity index (χ0v) is 31.2. The first-order valence-electron chi connectivity index (χ1n) is 19.7. The van der Waals surface area contributed by atoms with Crippen LogP contribution in [0.2, 0.25) is 0 Å². The van der Waals surface area contributed by atoms with Crippen LogP contribution in [0.4, 0.5) is 0 Å². The summed E-state index contributed by atoms with van der Waals surface area (Å²) in [5.74, 6) is 0. The fourth-order valence-corrected chi connectivity index (χ4v) is 10.1. The van der Waals surface area contributed by atoms with Crippen LogP contribution in [0, 0.1) is 0 Å². The molecular weight excluding hydrogens is 639 g/mol. The van der Waals surface area contributed by atoms with Crippen molar-refractivity contribution in [3.8, 4) is 11.1 Å². The predicted molar refractivity (Wildman–Crippen MR) is 224 cm³/mol. The SMILES string of the molecule is C=C(c1ccccc1C1(C2=CCCC=C2)C2=C(CCCC2)Cc2ccccc21)N(C)C(/C=C(\C)c1cccc2c1Cc1ccccc1-2)c1ccccc1. The number of allylic oxidation sites excluding steroid dienone is 7. The summed E-state index contributed by atoms with van der Waals surface area (Å²) >= 11 is 0. The molecule has 0 spiro atoms. The van der Waals surface area contributed by atoms with Crippen LogP contribution in [0.1, 0.15) is 96.0 Å². The molecule has 5 aromatic carbocycles. The zero-order chi connectivity index (χ0) is 35.9. The Balaban J connectivity index is 1.19. The Bertz CT molecular complexity index is 2350. The van der Waals surface area contributed by atoms with Crippen LogP contribution in [0.25, 0.3) is 22.4 Å². The minimum atomic E-state index is -0.338. The molecule has 0 amide bonds. The monoisotopic (exact) mass is 687 g/mol. The van der Waals surface area contributed by atoms with Crippen LogP contribution in [0.3, 0.4) is 0 Å². The van der Waals surface area contributed by atoms with Gasteiger partial charge in [0.15, 0.2) is 0 Å². The Morgan fingerprint density at radius 1 is 0.698 bits per heavy atom. The van der Waals surface area contributed by atoms with Crippen LogP contribution in [-0.4, -0.2) is 11.9 Å². The van der Waals surface area contributed by atoms with E-state index in [1.165, 1.54) is 86.0 Å². The van der Waals surface area contributed by atoms with Crippen LogP contribution < -0.4 is 0 Å². The van der Waals surface area contributed by atoms with E-state index in [0.29, 0.717) is 0 Å². The van der Waals surface area contributed by atoms with Crippen molar-refractivity contribution in [3.63, 3.8) is 0 Å². The van der Waals surface area contributed by atoms with Crippen LogP contribution >= 0.6 is 0 Å². The Hall–Kier alpha value is -5.40. The average molecular weight is 688 g/mol. The highest BCUT2D eigenvalue weighted by Gasteiger charge is 2.47. The van der Waals surface area contributed by atoms with Crippen LogP contribution in [0.5, 0.6) is 0 Å². The molecule has 0 heterocycles. The van der Waals surface area contributed by atoms with Gasteiger partial charge in [-0.15, -0.1) is 0 Å². The third-order valence-electron chi connectivity index (χ3n) is 12.6. The Kier molecular flexibility index (Phi) is 8.75. The van der Waals surface area contributed by atoms with Crippen molar-refractivity contribution in [2.75, 3.05) is 7.05 Å². The molecule has 2 unspecified atom stereocenters. The van der Waals surface area contributed by atoms with Crippen molar-refractivity contribution < 1.29 is 0 Å². The van der Waals surface area contributed by atoms with Gasteiger partial charge in [-0.2, -0.15) is 0 Å². The van der Waals surface area contributed by atoms with E-state index in [2.05, 4.69) is 165 Å².